The molecule has 6 nitrogen and oxygen atoms in total. The second kappa shape index (κ2) is 9.93. The van der Waals surface area contributed by atoms with Crippen molar-refractivity contribution in [3.8, 4) is 0 Å². The van der Waals surface area contributed by atoms with Gasteiger partial charge in [0.15, 0.2) is 5.96 Å². The Balaban J connectivity index is 1.51. The first-order chi connectivity index (χ1) is 13.2. The molecule has 1 saturated heterocycles. The first-order valence-electron chi connectivity index (χ1n) is 10.5. The number of hydrogen-bond donors (Lipinski definition) is 1. The summed E-state index contributed by atoms with van der Waals surface area (Å²) in [5.74, 6) is 2.92. The molecule has 0 amide bonds. The molecule has 1 saturated carbocycles. The van der Waals surface area contributed by atoms with Gasteiger partial charge in [-0.05, 0) is 45.0 Å². The summed E-state index contributed by atoms with van der Waals surface area (Å²) in [5.41, 5.74) is 0. The molecule has 0 radical (unpaired) electrons. The van der Waals surface area contributed by atoms with Crippen LogP contribution in [0.1, 0.15) is 32.1 Å². The van der Waals surface area contributed by atoms with Gasteiger partial charge in [-0.25, -0.2) is 4.98 Å². The average Bonchev–Trinajstić information content (AvgIpc) is 2.72. The smallest absolute Gasteiger partial charge is 0.193 e. The molecule has 0 aromatic carbocycles. The van der Waals surface area contributed by atoms with E-state index in [2.05, 4.69) is 56.2 Å². The Labute approximate surface area is 164 Å². The van der Waals surface area contributed by atoms with Gasteiger partial charge in [-0.1, -0.05) is 25.3 Å². The first kappa shape index (κ1) is 19.9. The van der Waals surface area contributed by atoms with Crippen molar-refractivity contribution >= 4 is 11.8 Å². The van der Waals surface area contributed by atoms with Crippen LogP contribution in [-0.2, 0) is 0 Å². The molecule has 1 aliphatic carbocycles. The van der Waals surface area contributed by atoms with Crippen molar-refractivity contribution in [2.75, 3.05) is 58.8 Å². The minimum Gasteiger partial charge on any atom is -0.355 e. The lowest BCUT2D eigenvalue weighted by molar-refractivity contribution is 0.170. The van der Waals surface area contributed by atoms with E-state index in [0.717, 1.165) is 50.4 Å². The number of nitrogens with one attached hydrogen (secondary N) is 1. The number of piperazine rings is 1. The molecule has 27 heavy (non-hydrogen) atoms. The van der Waals surface area contributed by atoms with Crippen LogP contribution in [0, 0.1) is 5.92 Å². The van der Waals surface area contributed by atoms with Crippen LogP contribution in [0.15, 0.2) is 29.4 Å². The summed E-state index contributed by atoms with van der Waals surface area (Å²) in [6.45, 7) is 4.90. The number of aromatic nitrogens is 1. The molecule has 3 rings (SSSR count). The third-order valence-corrected chi connectivity index (χ3v) is 6.09. The number of hydrogen-bond acceptors (Lipinski definition) is 4. The molecule has 1 aromatic rings. The Hall–Kier alpha value is -1.82. The van der Waals surface area contributed by atoms with Gasteiger partial charge in [-0.2, -0.15) is 0 Å². The minimum absolute atomic E-state index is 0.580. The first-order valence-corrected chi connectivity index (χ1v) is 10.5. The predicted octanol–water partition coefficient (Wildman–Crippen LogP) is 2.29. The Morgan fingerprint density at radius 1 is 1.19 bits per heavy atom. The molecular weight excluding hydrogens is 336 g/mol. The van der Waals surface area contributed by atoms with E-state index in [-0.39, 0.29) is 0 Å². The molecule has 0 spiro atoms. The van der Waals surface area contributed by atoms with E-state index in [1.54, 1.807) is 0 Å². The van der Waals surface area contributed by atoms with Crippen molar-refractivity contribution in [3.05, 3.63) is 24.4 Å². The lowest BCUT2D eigenvalue weighted by Crippen LogP contribution is -2.55. The van der Waals surface area contributed by atoms with Gasteiger partial charge in [0.2, 0.25) is 0 Å². The maximum atomic E-state index is 4.56. The largest absolute Gasteiger partial charge is 0.355 e. The number of pyridine rings is 1. The van der Waals surface area contributed by atoms with Crippen molar-refractivity contribution < 1.29 is 0 Å². The van der Waals surface area contributed by atoms with E-state index in [1.165, 1.54) is 32.1 Å². The number of aliphatic imine (C=N–C) groups is 1. The Morgan fingerprint density at radius 3 is 2.52 bits per heavy atom. The summed E-state index contributed by atoms with van der Waals surface area (Å²) in [5, 5.41) is 3.67. The maximum absolute atomic E-state index is 4.56. The fourth-order valence-corrected chi connectivity index (χ4v) is 4.51. The second-order valence-electron chi connectivity index (χ2n) is 8.02. The SMILES string of the molecule is CN=C(NCC(C1CCCCC1)N(C)C)N1CCN(c2ccccn2)CC1. The molecule has 2 aliphatic rings. The summed E-state index contributed by atoms with van der Waals surface area (Å²) in [6.07, 6.45) is 8.79. The quantitative estimate of drug-likeness (QED) is 0.635. The highest BCUT2D eigenvalue weighted by molar-refractivity contribution is 5.80. The van der Waals surface area contributed by atoms with Crippen molar-refractivity contribution in [2.24, 2.45) is 10.9 Å². The third kappa shape index (κ3) is 5.34. The summed E-state index contributed by atoms with van der Waals surface area (Å²) < 4.78 is 0. The van der Waals surface area contributed by atoms with Gasteiger partial charge in [-0.3, -0.25) is 4.99 Å². The van der Waals surface area contributed by atoms with Crippen LogP contribution in [0.2, 0.25) is 0 Å². The van der Waals surface area contributed by atoms with E-state index >= 15 is 0 Å². The lowest BCUT2D eigenvalue weighted by atomic mass is 9.83. The average molecular weight is 373 g/mol. The molecule has 2 fully saturated rings. The molecule has 1 N–H and O–H groups in total. The van der Waals surface area contributed by atoms with E-state index < -0.39 is 0 Å². The van der Waals surface area contributed by atoms with E-state index in [4.69, 9.17) is 0 Å². The van der Waals surface area contributed by atoms with Crippen LogP contribution in [0.3, 0.4) is 0 Å². The standard InChI is InChI=1S/C21H36N6/c1-22-21(24-17-19(25(2)3)18-9-5-4-6-10-18)27-15-13-26(14-16-27)20-11-7-8-12-23-20/h7-8,11-12,18-19H,4-6,9-10,13-17H2,1-3H3,(H,22,24). The Morgan fingerprint density at radius 2 is 1.93 bits per heavy atom. The van der Waals surface area contributed by atoms with Crippen LogP contribution in [0.5, 0.6) is 0 Å². The second-order valence-corrected chi connectivity index (χ2v) is 8.02. The lowest BCUT2D eigenvalue weighted by Gasteiger charge is -2.39. The Kier molecular flexibility index (Phi) is 7.33. The highest BCUT2D eigenvalue weighted by Gasteiger charge is 2.26. The van der Waals surface area contributed by atoms with Gasteiger partial charge in [0, 0.05) is 52.0 Å². The predicted molar refractivity (Wildman–Crippen MR) is 113 cm³/mol. The van der Waals surface area contributed by atoms with E-state index in [0.29, 0.717) is 6.04 Å². The minimum atomic E-state index is 0.580. The zero-order valence-corrected chi connectivity index (χ0v) is 17.3. The van der Waals surface area contributed by atoms with Gasteiger partial charge in [-0.15, -0.1) is 0 Å². The summed E-state index contributed by atoms with van der Waals surface area (Å²) in [7, 11) is 6.34. The van der Waals surface area contributed by atoms with Gasteiger partial charge >= 0.3 is 0 Å². The van der Waals surface area contributed by atoms with Crippen molar-refractivity contribution in [3.63, 3.8) is 0 Å². The van der Waals surface area contributed by atoms with Crippen LogP contribution < -0.4 is 10.2 Å². The monoisotopic (exact) mass is 372 g/mol. The molecule has 2 heterocycles. The topological polar surface area (TPSA) is 47.0 Å². The van der Waals surface area contributed by atoms with E-state index in [1.807, 2.05) is 19.3 Å². The summed E-state index contributed by atoms with van der Waals surface area (Å²) in [4.78, 5) is 16.2. The molecule has 1 aliphatic heterocycles. The number of guanidine groups is 1. The normalized spacial score (nSPS) is 20.8. The van der Waals surface area contributed by atoms with Crippen LogP contribution in [0.4, 0.5) is 5.82 Å². The Bertz CT molecular complexity index is 574. The van der Waals surface area contributed by atoms with Gasteiger partial charge < -0.3 is 20.0 Å². The molecule has 6 heteroatoms. The molecule has 1 atom stereocenters. The number of likely N-dealkylation sites (N-methyl/N-ethyl adjacent to an activating group) is 1. The zero-order valence-electron chi connectivity index (χ0n) is 17.3. The van der Waals surface area contributed by atoms with Crippen LogP contribution in [-0.4, -0.2) is 80.7 Å². The van der Waals surface area contributed by atoms with Gasteiger partial charge in [0.05, 0.1) is 0 Å². The van der Waals surface area contributed by atoms with Crippen molar-refractivity contribution in [1.82, 2.24) is 20.1 Å². The number of anilines is 1. The van der Waals surface area contributed by atoms with Crippen LogP contribution >= 0.6 is 0 Å². The number of rotatable bonds is 5. The maximum Gasteiger partial charge on any atom is 0.193 e. The number of nitrogens with zero attached hydrogens (tertiary/aromatic N) is 5. The molecule has 1 aromatic heterocycles. The van der Waals surface area contributed by atoms with E-state index in [9.17, 15) is 0 Å². The molecule has 150 valence electrons. The van der Waals surface area contributed by atoms with Crippen molar-refractivity contribution in [2.45, 2.75) is 38.1 Å². The molecule has 0 bridgehead atoms. The fourth-order valence-electron chi connectivity index (χ4n) is 4.51. The summed E-state index contributed by atoms with van der Waals surface area (Å²) >= 11 is 0. The van der Waals surface area contributed by atoms with Gasteiger partial charge in [0.1, 0.15) is 5.82 Å². The fraction of sp³-hybridized carbons (Fsp3) is 0.714. The van der Waals surface area contributed by atoms with Crippen LogP contribution in [0.25, 0.3) is 0 Å². The molecule has 1 unspecified atom stereocenters. The highest BCUT2D eigenvalue weighted by Crippen LogP contribution is 2.28. The highest BCUT2D eigenvalue weighted by atomic mass is 15.4. The third-order valence-electron chi connectivity index (χ3n) is 6.09. The summed E-state index contributed by atoms with van der Waals surface area (Å²) in [6, 6.07) is 6.70. The van der Waals surface area contributed by atoms with Gasteiger partial charge in [0.25, 0.3) is 0 Å². The van der Waals surface area contributed by atoms with Crippen molar-refractivity contribution in [1.29, 1.82) is 0 Å². The molecular formula is C21H36N6. The zero-order chi connectivity index (χ0) is 19.1.